The smallest absolute Gasteiger partial charge is 0.336 e. The summed E-state index contributed by atoms with van der Waals surface area (Å²) in [7, 11) is 0. The molecule has 0 saturated carbocycles. The molecule has 8 nitrogen and oxygen atoms in total. The number of rotatable bonds is 7. The van der Waals surface area contributed by atoms with E-state index >= 15 is 0 Å². The molecule has 0 bridgehead atoms. The summed E-state index contributed by atoms with van der Waals surface area (Å²) in [5.41, 5.74) is -1.83. The highest BCUT2D eigenvalue weighted by molar-refractivity contribution is 5.88. The SMILES string of the molecule is CC(O)(c1ccccc1)c1ccccc1.O=C(O)CC(O)(CC(=O)O)C(=O)O. The Hall–Kier alpha value is -3.23. The standard InChI is InChI=1S/C14H14O.C6H8O7/c1-14(15,12-8-4-2-5-9-12)13-10-6-3-7-11-13;7-3(8)1-6(13,5(11)12)2-4(9)10/h2-11,15H,1H3;13H,1-2H2,(H,7,8)(H,9,10)(H,11,12). The van der Waals surface area contributed by atoms with E-state index < -0.39 is 42.0 Å². The summed E-state index contributed by atoms with van der Waals surface area (Å²) >= 11 is 0. The molecular weight excluding hydrogens is 368 g/mol. The summed E-state index contributed by atoms with van der Waals surface area (Å²) in [5.74, 6) is -5.02. The van der Waals surface area contributed by atoms with Crippen LogP contribution in [0.4, 0.5) is 0 Å². The lowest BCUT2D eigenvalue weighted by molar-refractivity contribution is -0.170. The quantitative estimate of drug-likeness (QED) is 0.479. The van der Waals surface area contributed by atoms with Crippen molar-refractivity contribution in [2.24, 2.45) is 0 Å². The molecule has 5 N–H and O–H groups in total. The van der Waals surface area contributed by atoms with E-state index in [9.17, 15) is 19.5 Å². The van der Waals surface area contributed by atoms with Crippen LogP contribution in [-0.4, -0.2) is 49.0 Å². The molecule has 150 valence electrons. The second-order valence-electron chi connectivity index (χ2n) is 6.28. The maximum Gasteiger partial charge on any atom is 0.336 e. The summed E-state index contributed by atoms with van der Waals surface area (Å²) < 4.78 is 0. The second kappa shape index (κ2) is 9.63. The third-order valence-electron chi connectivity index (χ3n) is 3.96. The average molecular weight is 390 g/mol. The first-order valence-electron chi connectivity index (χ1n) is 8.22. The van der Waals surface area contributed by atoms with Crippen LogP contribution < -0.4 is 0 Å². The van der Waals surface area contributed by atoms with Crippen LogP contribution in [-0.2, 0) is 20.0 Å². The number of aliphatic hydroxyl groups is 2. The summed E-state index contributed by atoms with van der Waals surface area (Å²) in [4.78, 5) is 30.5. The van der Waals surface area contributed by atoms with Crippen molar-refractivity contribution in [2.45, 2.75) is 31.0 Å². The molecule has 0 aromatic heterocycles. The molecule has 2 aromatic rings. The lowest BCUT2D eigenvalue weighted by atomic mass is 9.88. The Morgan fingerprint density at radius 3 is 1.29 bits per heavy atom. The van der Waals surface area contributed by atoms with Gasteiger partial charge in [-0.05, 0) is 18.1 Å². The van der Waals surface area contributed by atoms with Gasteiger partial charge in [-0.1, -0.05) is 60.7 Å². The van der Waals surface area contributed by atoms with Crippen LogP contribution >= 0.6 is 0 Å². The Balaban J connectivity index is 0.000000284. The first-order chi connectivity index (χ1) is 13.0. The van der Waals surface area contributed by atoms with Gasteiger partial charge in [-0.2, -0.15) is 0 Å². The summed E-state index contributed by atoms with van der Waals surface area (Å²) in [6.45, 7) is 1.82. The Labute approximate surface area is 161 Å². The van der Waals surface area contributed by atoms with Crippen molar-refractivity contribution in [3.8, 4) is 0 Å². The molecule has 0 amide bonds. The first-order valence-corrected chi connectivity index (χ1v) is 8.22. The molecule has 0 aliphatic heterocycles. The van der Waals surface area contributed by atoms with Crippen molar-refractivity contribution in [3.05, 3.63) is 71.8 Å². The molecule has 0 fully saturated rings. The topological polar surface area (TPSA) is 152 Å². The zero-order valence-corrected chi connectivity index (χ0v) is 15.1. The highest BCUT2D eigenvalue weighted by atomic mass is 16.4. The van der Waals surface area contributed by atoms with E-state index in [1.54, 1.807) is 0 Å². The maximum absolute atomic E-state index is 10.5. The van der Waals surface area contributed by atoms with Crippen LogP contribution in [0.1, 0.15) is 30.9 Å². The summed E-state index contributed by atoms with van der Waals surface area (Å²) in [6, 6.07) is 19.4. The van der Waals surface area contributed by atoms with Crippen LogP contribution in [0.3, 0.4) is 0 Å². The van der Waals surface area contributed by atoms with E-state index in [1.165, 1.54) is 0 Å². The normalized spacial score (nSPS) is 11.1. The number of carbonyl (C=O) groups is 3. The number of aliphatic carboxylic acids is 3. The van der Waals surface area contributed by atoms with Gasteiger partial charge in [0, 0.05) is 0 Å². The van der Waals surface area contributed by atoms with Crippen LogP contribution in [0.25, 0.3) is 0 Å². The van der Waals surface area contributed by atoms with Crippen LogP contribution in [0.5, 0.6) is 0 Å². The molecule has 2 rings (SSSR count). The molecular formula is C20H22O8. The second-order valence-corrected chi connectivity index (χ2v) is 6.28. The Bertz CT molecular complexity index is 742. The average Bonchev–Trinajstić information content (AvgIpc) is 2.62. The van der Waals surface area contributed by atoms with Crippen LogP contribution in [0.15, 0.2) is 60.7 Å². The lowest BCUT2D eigenvalue weighted by Crippen LogP contribution is -2.42. The monoisotopic (exact) mass is 390 g/mol. The Kier molecular flexibility index (Phi) is 7.85. The van der Waals surface area contributed by atoms with E-state index in [-0.39, 0.29) is 0 Å². The fourth-order valence-electron chi connectivity index (χ4n) is 2.41. The molecule has 0 radical (unpaired) electrons. The van der Waals surface area contributed by atoms with Crippen molar-refractivity contribution in [1.82, 2.24) is 0 Å². The van der Waals surface area contributed by atoms with Gasteiger partial charge in [-0.25, -0.2) is 4.79 Å². The van der Waals surface area contributed by atoms with E-state index in [4.69, 9.17) is 20.4 Å². The molecule has 0 spiro atoms. The minimum absolute atomic E-state index is 0.913. The molecule has 0 atom stereocenters. The summed E-state index contributed by atoms with van der Waals surface area (Å²) in [5, 5.41) is 44.3. The van der Waals surface area contributed by atoms with Crippen molar-refractivity contribution in [1.29, 1.82) is 0 Å². The third kappa shape index (κ3) is 6.49. The zero-order chi connectivity index (χ0) is 21.4. The number of hydrogen-bond donors (Lipinski definition) is 5. The number of carboxylic acid groups (broad SMARTS) is 3. The predicted octanol–water partition coefficient (Wildman–Crippen LogP) is 1.69. The summed E-state index contributed by atoms with van der Waals surface area (Å²) in [6.07, 6.45) is -2.29. The van der Waals surface area contributed by atoms with E-state index in [2.05, 4.69) is 0 Å². The van der Waals surface area contributed by atoms with Crippen LogP contribution in [0, 0.1) is 0 Å². The number of benzene rings is 2. The van der Waals surface area contributed by atoms with E-state index in [0.29, 0.717) is 0 Å². The van der Waals surface area contributed by atoms with Gasteiger partial charge in [0.1, 0.15) is 5.60 Å². The highest BCUT2D eigenvalue weighted by Gasteiger charge is 2.40. The third-order valence-corrected chi connectivity index (χ3v) is 3.96. The molecule has 0 saturated heterocycles. The fraction of sp³-hybridized carbons (Fsp3) is 0.250. The van der Waals surface area contributed by atoms with Crippen molar-refractivity contribution in [2.75, 3.05) is 0 Å². The van der Waals surface area contributed by atoms with Gasteiger partial charge in [-0.3, -0.25) is 9.59 Å². The fourth-order valence-corrected chi connectivity index (χ4v) is 2.41. The van der Waals surface area contributed by atoms with Gasteiger partial charge in [-0.15, -0.1) is 0 Å². The van der Waals surface area contributed by atoms with E-state index in [1.807, 2.05) is 67.6 Å². The number of carboxylic acids is 3. The van der Waals surface area contributed by atoms with Crippen molar-refractivity contribution >= 4 is 17.9 Å². The largest absolute Gasteiger partial charge is 0.481 e. The Morgan fingerprint density at radius 2 is 1.04 bits per heavy atom. The molecule has 28 heavy (non-hydrogen) atoms. The molecule has 2 aromatic carbocycles. The molecule has 0 heterocycles. The number of hydrogen-bond acceptors (Lipinski definition) is 5. The molecule has 0 unspecified atom stereocenters. The van der Waals surface area contributed by atoms with Gasteiger partial charge in [0.15, 0.2) is 5.60 Å². The van der Waals surface area contributed by atoms with E-state index in [0.717, 1.165) is 11.1 Å². The molecule has 0 aliphatic carbocycles. The lowest BCUT2D eigenvalue weighted by Gasteiger charge is -2.24. The first kappa shape index (κ1) is 22.8. The minimum Gasteiger partial charge on any atom is -0.481 e. The van der Waals surface area contributed by atoms with Crippen LogP contribution in [0.2, 0.25) is 0 Å². The zero-order valence-electron chi connectivity index (χ0n) is 15.1. The Morgan fingerprint density at radius 1 is 0.714 bits per heavy atom. The minimum atomic E-state index is -2.74. The van der Waals surface area contributed by atoms with Gasteiger partial charge >= 0.3 is 17.9 Å². The van der Waals surface area contributed by atoms with Gasteiger partial charge in [0.2, 0.25) is 0 Å². The predicted molar refractivity (Wildman–Crippen MR) is 98.6 cm³/mol. The molecule has 0 aliphatic rings. The van der Waals surface area contributed by atoms with Gasteiger partial charge < -0.3 is 25.5 Å². The highest BCUT2D eigenvalue weighted by Crippen LogP contribution is 2.28. The molecule has 8 heteroatoms. The van der Waals surface area contributed by atoms with Gasteiger partial charge in [0.25, 0.3) is 0 Å². The maximum atomic E-state index is 10.5. The van der Waals surface area contributed by atoms with Crippen molar-refractivity contribution in [3.63, 3.8) is 0 Å². The van der Waals surface area contributed by atoms with Gasteiger partial charge in [0.05, 0.1) is 12.8 Å². The van der Waals surface area contributed by atoms with Crippen molar-refractivity contribution < 1.29 is 39.9 Å².